The van der Waals surface area contributed by atoms with E-state index in [1.807, 2.05) is 54.3 Å². The third kappa shape index (κ3) is 3.72. The van der Waals surface area contributed by atoms with Gasteiger partial charge in [-0.1, -0.05) is 26.0 Å². The Morgan fingerprint density at radius 1 is 1.12 bits per heavy atom. The van der Waals surface area contributed by atoms with E-state index in [-0.39, 0.29) is 5.91 Å². The predicted molar refractivity (Wildman–Crippen MR) is 102 cm³/mol. The Hall–Kier alpha value is -2.82. The lowest BCUT2D eigenvalue weighted by atomic mass is 10.2. The highest BCUT2D eigenvalue weighted by Crippen LogP contribution is 2.23. The van der Waals surface area contributed by atoms with E-state index in [9.17, 15) is 4.79 Å². The van der Waals surface area contributed by atoms with E-state index in [2.05, 4.69) is 18.9 Å². The molecule has 3 aromatic rings. The first-order valence-electron chi connectivity index (χ1n) is 9.14. The zero-order valence-corrected chi connectivity index (χ0v) is 15.6. The highest BCUT2D eigenvalue weighted by Gasteiger charge is 2.22. The first-order chi connectivity index (χ1) is 12.6. The summed E-state index contributed by atoms with van der Waals surface area (Å²) in [5.41, 5.74) is 3.21. The van der Waals surface area contributed by atoms with E-state index in [0.717, 1.165) is 37.2 Å². The van der Waals surface area contributed by atoms with E-state index in [1.165, 1.54) is 0 Å². The molecule has 0 aliphatic carbocycles. The number of aromatic nitrogens is 2. The van der Waals surface area contributed by atoms with Crippen LogP contribution in [0.25, 0.3) is 17.1 Å². The van der Waals surface area contributed by atoms with Gasteiger partial charge in [0.1, 0.15) is 11.4 Å². The van der Waals surface area contributed by atoms with Gasteiger partial charge in [0.05, 0.1) is 12.0 Å². The van der Waals surface area contributed by atoms with Crippen LogP contribution in [0.1, 0.15) is 42.7 Å². The Bertz CT molecular complexity index is 859. The summed E-state index contributed by atoms with van der Waals surface area (Å²) in [7, 11) is 0. The van der Waals surface area contributed by atoms with Gasteiger partial charge < -0.3 is 9.32 Å². The molecule has 5 nitrogen and oxygen atoms in total. The molecule has 0 saturated carbocycles. The fourth-order valence-corrected chi connectivity index (χ4v) is 3.05. The smallest absolute Gasteiger partial charge is 0.272 e. The molecule has 0 fully saturated rings. The minimum absolute atomic E-state index is 0.000474. The van der Waals surface area contributed by atoms with Crippen LogP contribution in [0, 0.1) is 6.92 Å². The van der Waals surface area contributed by atoms with Crippen molar-refractivity contribution in [1.82, 2.24) is 14.7 Å². The molecule has 1 aromatic carbocycles. The van der Waals surface area contributed by atoms with Crippen molar-refractivity contribution < 1.29 is 9.21 Å². The Kier molecular flexibility index (Phi) is 5.56. The zero-order valence-electron chi connectivity index (χ0n) is 15.6. The third-order valence-corrected chi connectivity index (χ3v) is 4.22. The molecule has 1 amide bonds. The maximum absolute atomic E-state index is 13.2. The Morgan fingerprint density at radius 3 is 2.50 bits per heavy atom. The first kappa shape index (κ1) is 18.0. The number of benzene rings is 1. The molecule has 26 heavy (non-hydrogen) atoms. The Balaban J connectivity index is 2.08. The number of carbonyl (C=O) groups excluding carboxylic acids is 1. The van der Waals surface area contributed by atoms with Crippen LogP contribution in [0.4, 0.5) is 0 Å². The maximum atomic E-state index is 13.2. The molecule has 0 bridgehead atoms. The average molecular weight is 351 g/mol. The van der Waals surface area contributed by atoms with Crippen molar-refractivity contribution in [1.29, 1.82) is 0 Å². The van der Waals surface area contributed by atoms with E-state index >= 15 is 0 Å². The fraction of sp³-hybridized carbons (Fsp3) is 0.333. The van der Waals surface area contributed by atoms with Crippen LogP contribution in [0.5, 0.6) is 0 Å². The molecule has 136 valence electrons. The molecule has 2 heterocycles. The first-order valence-corrected chi connectivity index (χ1v) is 9.14. The van der Waals surface area contributed by atoms with Gasteiger partial charge in [-0.15, -0.1) is 0 Å². The van der Waals surface area contributed by atoms with Gasteiger partial charge in [0, 0.05) is 19.2 Å². The van der Waals surface area contributed by atoms with Crippen molar-refractivity contribution in [3.8, 4) is 17.1 Å². The number of carbonyl (C=O) groups is 1. The van der Waals surface area contributed by atoms with Gasteiger partial charge in [-0.2, -0.15) is 5.10 Å². The van der Waals surface area contributed by atoms with E-state index in [1.54, 1.807) is 10.9 Å². The van der Waals surface area contributed by atoms with E-state index in [4.69, 9.17) is 4.42 Å². The second-order valence-corrected chi connectivity index (χ2v) is 6.44. The number of furan rings is 1. The van der Waals surface area contributed by atoms with Crippen molar-refractivity contribution in [2.75, 3.05) is 13.1 Å². The molecule has 2 aromatic heterocycles. The van der Waals surface area contributed by atoms with Crippen LogP contribution in [0.3, 0.4) is 0 Å². The van der Waals surface area contributed by atoms with Crippen molar-refractivity contribution in [2.24, 2.45) is 0 Å². The summed E-state index contributed by atoms with van der Waals surface area (Å²) in [6, 6.07) is 13.5. The summed E-state index contributed by atoms with van der Waals surface area (Å²) in [6.07, 6.45) is 3.47. The lowest BCUT2D eigenvalue weighted by Gasteiger charge is -2.21. The van der Waals surface area contributed by atoms with Crippen molar-refractivity contribution >= 4 is 5.91 Å². The quantitative estimate of drug-likeness (QED) is 0.620. The number of rotatable bonds is 7. The molecule has 0 radical (unpaired) electrons. The summed E-state index contributed by atoms with van der Waals surface area (Å²) in [6.45, 7) is 7.68. The second-order valence-electron chi connectivity index (χ2n) is 6.44. The van der Waals surface area contributed by atoms with Crippen LogP contribution >= 0.6 is 0 Å². The van der Waals surface area contributed by atoms with Crippen LogP contribution in [-0.2, 0) is 0 Å². The fourth-order valence-electron chi connectivity index (χ4n) is 3.05. The molecule has 0 atom stereocenters. The van der Waals surface area contributed by atoms with Gasteiger partial charge in [0.15, 0.2) is 5.76 Å². The molecule has 0 unspecified atom stereocenters. The summed E-state index contributed by atoms with van der Waals surface area (Å²) in [5, 5.41) is 4.66. The zero-order chi connectivity index (χ0) is 18.5. The number of nitrogens with zero attached hydrogens (tertiary/aromatic N) is 3. The maximum Gasteiger partial charge on any atom is 0.272 e. The lowest BCUT2D eigenvalue weighted by Crippen LogP contribution is -2.33. The van der Waals surface area contributed by atoms with Gasteiger partial charge in [0.2, 0.25) is 0 Å². The van der Waals surface area contributed by atoms with Gasteiger partial charge in [-0.05, 0) is 49.6 Å². The van der Waals surface area contributed by atoms with Gasteiger partial charge in [-0.25, -0.2) is 4.68 Å². The van der Waals surface area contributed by atoms with Crippen LogP contribution in [0.2, 0.25) is 0 Å². The molecule has 0 N–H and O–H groups in total. The number of hydrogen-bond acceptors (Lipinski definition) is 3. The van der Waals surface area contributed by atoms with Crippen LogP contribution in [0.15, 0.2) is 53.1 Å². The standard InChI is InChI=1S/C21H25N3O2/c1-4-11-23(12-5-2)21(25)19-15-18(20-10-7-13-26-20)22-24(19)17-9-6-8-16(3)14-17/h6-10,13-15H,4-5,11-12H2,1-3H3. The minimum atomic E-state index is 0.000474. The number of amides is 1. The topological polar surface area (TPSA) is 51.3 Å². The lowest BCUT2D eigenvalue weighted by molar-refractivity contribution is 0.0746. The molecule has 0 spiro atoms. The molecule has 0 saturated heterocycles. The minimum Gasteiger partial charge on any atom is -0.463 e. The average Bonchev–Trinajstić information content (AvgIpc) is 3.30. The van der Waals surface area contributed by atoms with Crippen molar-refractivity contribution in [3.63, 3.8) is 0 Å². The monoisotopic (exact) mass is 351 g/mol. The van der Waals surface area contributed by atoms with Gasteiger partial charge >= 0.3 is 0 Å². The normalized spacial score (nSPS) is 10.9. The SMILES string of the molecule is CCCN(CCC)C(=O)c1cc(-c2ccco2)nn1-c1cccc(C)c1. The third-order valence-electron chi connectivity index (χ3n) is 4.22. The number of aryl methyl sites for hydroxylation is 1. The predicted octanol–water partition coefficient (Wildman–Crippen LogP) is 4.70. The molecule has 3 rings (SSSR count). The van der Waals surface area contributed by atoms with Crippen molar-refractivity contribution in [3.05, 3.63) is 60.0 Å². The molecule has 5 heteroatoms. The Morgan fingerprint density at radius 2 is 1.88 bits per heavy atom. The molecule has 0 aliphatic rings. The summed E-state index contributed by atoms with van der Waals surface area (Å²) >= 11 is 0. The number of hydrogen-bond donors (Lipinski definition) is 0. The molecular weight excluding hydrogens is 326 g/mol. The summed E-state index contributed by atoms with van der Waals surface area (Å²) < 4.78 is 7.21. The molecule has 0 aliphatic heterocycles. The van der Waals surface area contributed by atoms with Gasteiger partial charge in [-0.3, -0.25) is 4.79 Å². The van der Waals surface area contributed by atoms with Crippen molar-refractivity contribution in [2.45, 2.75) is 33.6 Å². The molecular formula is C21H25N3O2. The largest absolute Gasteiger partial charge is 0.463 e. The van der Waals surface area contributed by atoms with E-state index in [0.29, 0.717) is 17.1 Å². The van der Waals surface area contributed by atoms with E-state index < -0.39 is 0 Å². The summed E-state index contributed by atoms with van der Waals surface area (Å²) in [5.74, 6) is 0.656. The second kappa shape index (κ2) is 8.04. The van der Waals surface area contributed by atoms with Crippen LogP contribution in [-0.4, -0.2) is 33.7 Å². The Labute approximate surface area is 154 Å². The van der Waals surface area contributed by atoms with Gasteiger partial charge in [0.25, 0.3) is 5.91 Å². The highest BCUT2D eigenvalue weighted by molar-refractivity contribution is 5.94. The summed E-state index contributed by atoms with van der Waals surface area (Å²) in [4.78, 5) is 15.1. The van der Waals surface area contributed by atoms with Crippen LogP contribution < -0.4 is 0 Å². The highest BCUT2D eigenvalue weighted by atomic mass is 16.3.